The second-order valence-electron chi connectivity index (χ2n) is 5.90. The fraction of sp³-hybridized carbons (Fsp3) is 0.368. The molecule has 0 aliphatic rings. The Balaban J connectivity index is 2.18. The molecule has 1 heterocycles. The Morgan fingerprint density at radius 2 is 2.12 bits per heavy atom. The van der Waals surface area contributed by atoms with Crippen LogP contribution in [0.25, 0.3) is 10.9 Å². The summed E-state index contributed by atoms with van der Waals surface area (Å²) in [5, 5.41) is 3.75. The van der Waals surface area contributed by atoms with E-state index in [9.17, 15) is 4.79 Å². The molecule has 1 amide bonds. The number of benzene rings is 1. The van der Waals surface area contributed by atoms with Gasteiger partial charge in [-0.2, -0.15) is 0 Å². The van der Waals surface area contributed by atoms with Crippen LogP contribution in [0.4, 0.5) is 0 Å². The minimum atomic E-state index is -1.06. The second-order valence-corrected chi connectivity index (χ2v) is 6.78. The Kier molecular flexibility index (Phi) is 6.29. The van der Waals surface area contributed by atoms with Gasteiger partial charge in [-0.3, -0.25) is 9.78 Å². The highest BCUT2D eigenvalue weighted by atomic mass is 32.2. The Bertz CT molecular complexity index is 824. The van der Waals surface area contributed by atoms with Gasteiger partial charge in [0.1, 0.15) is 5.75 Å². The van der Waals surface area contributed by atoms with E-state index >= 15 is 0 Å². The molecular formula is C19H22N2O3S. The van der Waals surface area contributed by atoms with Crippen LogP contribution in [0.1, 0.15) is 20.8 Å². The van der Waals surface area contributed by atoms with Gasteiger partial charge in [0.05, 0.1) is 11.1 Å². The maximum atomic E-state index is 12.4. The van der Waals surface area contributed by atoms with Crippen molar-refractivity contribution in [2.75, 3.05) is 13.4 Å². The van der Waals surface area contributed by atoms with Gasteiger partial charge in [-0.15, -0.1) is 17.7 Å². The third-order valence-electron chi connectivity index (χ3n) is 3.41. The lowest BCUT2D eigenvalue weighted by Gasteiger charge is -2.24. The van der Waals surface area contributed by atoms with E-state index in [1.807, 2.05) is 44.5 Å². The van der Waals surface area contributed by atoms with Gasteiger partial charge in [-0.05, 0) is 51.3 Å². The predicted octanol–water partition coefficient (Wildman–Crippen LogP) is 3.23. The van der Waals surface area contributed by atoms with E-state index in [4.69, 9.17) is 9.47 Å². The van der Waals surface area contributed by atoms with Crippen molar-refractivity contribution < 1.29 is 14.3 Å². The van der Waals surface area contributed by atoms with Crippen LogP contribution >= 0.6 is 11.8 Å². The first-order valence-corrected chi connectivity index (χ1v) is 9.00. The summed E-state index contributed by atoms with van der Waals surface area (Å²) in [6, 6.07) is 7.50. The number of hydrogen-bond acceptors (Lipinski definition) is 5. The molecule has 5 nitrogen and oxygen atoms in total. The Labute approximate surface area is 152 Å². The highest BCUT2D eigenvalue weighted by Crippen LogP contribution is 2.24. The number of methoxy groups -OCH3 is 1. The number of nitrogens with zero attached hydrogens (tertiary/aromatic N) is 1. The zero-order valence-electron chi connectivity index (χ0n) is 15.0. The van der Waals surface area contributed by atoms with Crippen molar-refractivity contribution in [3.8, 4) is 17.6 Å². The molecular weight excluding hydrogens is 336 g/mol. The molecule has 1 aromatic carbocycles. The first-order chi connectivity index (χ1) is 11.9. The SMILES string of the molecule is CC#CC(C)(C)NC(=O)C(OC)Oc1ccc2ncc(SC)cc2c1. The van der Waals surface area contributed by atoms with Crippen molar-refractivity contribution in [3.05, 3.63) is 30.5 Å². The minimum Gasteiger partial charge on any atom is -0.455 e. The standard InChI is InChI=1S/C19H22N2O3S/c1-6-9-19(2,3)21-17(22)18(23-4)24-14-7-8-16-13(10-14)11-15(25-5)12-20-16/h7-8,10-12,18H,1-5H3,(H,21,22). The largest absolute Gasteiger partial charge is 0.455 e. The third kappa shape index (κ3) is 5.12. The van der Waals surface area contributed by atoms with Gasteiger partial charge in [-0.1, -0.05) is 5.92 Å². The molecule has 0 bridgehead atoms. The molecule has 2 aromatic rings. The number of fused-ring (bicyclic) bond motifs is 1. The second kappa shape index (κ2) is 8.24. The molecule has 0 aliphatic carbocycles. The van der Waals surface area contributed by atoms with E-state index in [1.54, 1.807) is 24.8 Å². The average Bonchev–Trinajstić information content (AvgIpc) is 2.58. The van der Waals surface area contributed by atoms with Crippen molar-refractivity contribution in [1.82, 2.24) is 10.3 Å². The lowest BCUT2D eigenvalue weighted by Crippen LogP contribution is -2.49. The van der Waals surface area contributed by atoms with Crippen molar-refractivity contribution in [1.29, 1.82) is 0 Å². The van der Waals surface area contributed by atoms with Gasteiger partial charge in [0.25, 0.3) is 12.2 Å². The molecule has 132 valence electrons. The van der Waals surface area contributed by atoms with Crippen LogP contribution in [0, 0.1) is 11.8 Å². The van der Waals surface area contributed by atoms with Crippen LogP contribution in [0.5, 0.6) is 5.75 Å². The lowest BCUT2D eigenvalue weighted by atomic mass is 10.1. The molecule has 0 aliphatic heterocycles. The van der Waals surface area contributed by atoms with Gasteiger partial charge < -0.3 is 14.8 Å². The number of rotatable bonds is 6. The number of thioether (sulfide) groups is 1. The number of amides is 1. The monoisotopic (exact) mass is 358 g/mol. The Morgan fingerprint density at radius 1 is 1.36 bits per heavy atom. The molecule has 6 heteroatoms. The number of aromatic nitrogens is 1. The minimum absolute atomic E-state index is 0.383. The van der Waals surface area contributed by atoms with Crippen molar-refractivity contribution >= 4 is 28.6 Å². The number of ether oxygens (including phenoxy) is 2. The summed E-state index contributed by atoms with van der Waals surface area (Å²) in [7, 11) is 1.43. The van der Waals surface area contributed by atoms with Crippen LogP contribution in [-0.4, -0.2) is 36.1 Å². The summed E-state index contributed by atoms with van der Waals surface area (Å²) < 4.78 is 10.9. The van der Waals surface area contributed by atoms with Gasteiger partial charge >= 0.3 is 0 Å². The van der Waals surface area contributed by atoms with E-state index in [-0.39, 0.29) is 5.91 Å². The first-order valence-electron chi connectivity index (χ1n) is 7.77. The number of carbonyl (C=O) groups excluding carboxylic acids is 1. The van der Waals surface area contributed by atoms with Crippen LogP contribution in [0.15, 0.2) is 35.4 Å². The molecule has 1 aromatic heterocycles. The average molecular weight is 358 g/mol. The number of carbonyl (C=O) groups is 1. The molecule has 1 unspecified atom stereocenters. The molecule has 0 radical (unpaired) electrons. The van der Waals surface area contributed by atoms with E-state index in [0.29, 0.717) is 5.75 Å². The molecule has 0 spiro atoms. The van der Waals surface area contributed by atoms with Crippen LogP contribution < -0.4 is 10.1 Å². The molecule has 0 saturated heterocycles. The lowest BCUT2D eigenvalue weighted by molar-refractivity contribution is -0.149. The highest BCUT2D eigenvalue weighted by molar-refractivity contribution is 7.98. The molecule has 25 heavy (non-hydrogen) atoms. The Morgan fingerprint density at radius 3 is 2.76 bits per heavy atom. The molecule has 0 fully saturated rings. The number of nitrogens with one attached hydrogen (secondary N) is 1. The Hall–Kier alpha value is -2.23. The zero-order chi connectivity index (χ0) is 18.4. The van der Waals surface area contributed by atoms with Crippen molar-refractivity contribution in [2.45, 2.75) is 37.5 Å². The fourth-order valence-electron chi connectivity index (χ4n) is 2.32. The number of pyridine rings is 1. The smallest absolute Gasteiger partial charge is 0.290 e. The third-order valence-corrected chi connectivity index (χ3v) is 4.10. The molecule has 1 atom stereocenters. The molecule has 0 saturated carbocycles. The zero-order valence-corrected chi connectivity index (χ0v) is 15.9. The summed E-state index contributed by atoms with van der Waals surface area (Å²) in [5.41, 5.74) is 0.204. The molecule has 1 N–H and O–H groups in total. The van der Waals surface area contributed by atoms with E-state index in [1.165, 1.54) is 7.11 Å². The van der Waals surface area contributed by atoms with Crippen molar-refractivity contribution in [3.63, 3.8) is 0 Å². The van der Waals surface area contributed by atoms with Gasteiger partial charge in [-0.25, -0.2) is 0 Å². The van der Waals surface area contributed by atoms with Gasteiger partial charge in [0.2, 0.25) is 0 Å². The maximum Gasteiger partial charge on any atom is 0.290 e. The number of hydrogen-bond donors (Lipinski definition) is 1. The summed E-state index contributed by atoms with van der Waals surface area (Å²) in [4.78, 5) is 17.8. The summed E-state index contributed by atoms with van der Waals surface area (Å²) in [6.45, 7) is 5.36. The van der Waals surface area contributed by atoms with Crippen LogP contribution in [0.2, 0.25) is 0 Å². The van der Waals surface area contributed by atoms with Crippen LogP contribution in [-0.2, 0) is 9.53 Å². The highest BCUT2D eigenvalue weighted by Gasteiger charge is 2.26. The summed E-state index contributed by atoms with van der Waals surface area (Å²) in [6.07, 6.45) is 2.76. The maximum absolute atomic E-state index is 12.4. The quantitative estimate of drug-likeness (QED) is 0.488. The fourth-order valence-corrected chi connectivity index (χ4v) is 2.72. The predicted molar refractivity (Wildman–Crippen MR) is 101 cm³/mol. The van der Waals surface area contributed by atoms with E-state index < -0.39 is 11.8 Å². The van der Waals surface area contributed by atoms with E-state index in [2.05, 4.69) is 22.1 Å². The van der Waals surface area contributed by atoms with Gasteiger partial charge in [0, 0.05) is 23.6 Å². The van der Waals surface area contributed by atoms with Gasteiger partial charge in [0.15, 0.2) is 0 Å². The van der Waals surface area contributed by atoms with Crippen LogP contribution in [0.3, 0.4) is 0 Å². The topological polar surface area (TPSA) is 60.5 Å². The summed E-state index contributed by atoms with van der Waals surface area (Å²) in [5.74, 6) is 5.88. The molecule has 2 rings (SSSR count). The summed E-state index contributed by atoms with van der Waals surface area (Å²) >= 11 is 1.62. The normalized spacial score (nSPS) is 12.2. The van der Waals surface area contributed by atoms with E-state index in [0.717, 1.165) is 15.8 Å². The van der Waals surface area contributed by atoms with Crippen molar-refractivity contribution in [2.24, 2.45) is 0 Å². The first kappa shape index (κ1) is 19.1.